The Morgan fingerprint density at radius 2 is 1.96 bits per heavy atom. The van der Waals surface area contributed by atoms with Gasteiger partial charge in [-0.25, -0.2) is 13.2 Å². The van der Waals surface area contributed by atoms with Gasteiger partial charge in [0, 0.05) is 4.88 Å². The van der Waals surface area contributed by atoms with Gasteiger partial charge in [-0.1, -0.05) is 32.0 Å². The van der Waals surface area contributed by atoms with Gasteiger partial charge in [0.1, 0.15) is 5.00 Å². The summed E-state index contributed by atoms with van der Waals surface area (Å²) in [6, 6.07) is 8.16. The Morgan fingerprint density at radius 1 is 1.27 bits per heavy atom. The number of carbonyl (C=O) groups is 1. The number of rotatable bonds is 5. The molecule has 0 radical (unpaired) electrons. The molecule has 1 aromatic carbocycles. The second kappa shape index (κ2) is 7.04. The standard InChI is InChI=1S/C19H23NO4S2/c1-4-24-18(21)16-14-10-11-19(2,3)12-15(14)25-17(16)20-26(22,23)13-8-6-5-7-9-13/h5-9,20H,4,10-12H2,1-3H3. The van der Waals surface area contributed by atoms with Crippen LogP contribution in [0.25, 0.3) is 0 Å². The fraction of sp³-hybridized carbons (Fsp3) is 0.421. The van der Waals surface area contributed by atoms with Gasteiger partial charge in [-0.05, 0) is 49.3 Å². The lowest BCUT2D eigenvalue weighted by molar-refractivity contribution is 0.0526. The van der Waals surface area contributed by atoms with E-state index in [-0.39, 0.29) is 16.9 Å². The zero-order valence-corrected chi connectivity index (χ0v) is 16.8. The SMILES string of the molecule is CCOC(=O)c1c(NS(=O)(=O)c2ccccc2)sc2c1CCC(C)(C)C2. The minimum Gasteiger partial charge on any atom is -0.462 e. The Morgan fingerprint density at radius 3 is 2.62 bits per heavy atom. The molecule has 3 rings (SSSR count). The minimum atomic E-state index is -3.76. The van der Waals surface area contributed by atoms with Crippen molar-refractivity contribution in [1.29, 1.82) is 0 Å². The van der Waals surface area contributed by atoms with Crippen LogP contribution in [0.2, 0.25) is 0 Å². The topological polar surface area (TPSA) is 72.5 Å². The molecule has 0 bridgehead atoms. The van der Waals surface area contributed by atoms with E-state index in [2.05, 4.69) is 18.6 Å². The zero-order valence-electron chi connectivity index (χ0n) is 15.2. The summed E-state index contributed by atoms with van der Waals surface area (Å²) in [7, 11) is -3.76. The molecule has 0 atom stereocenters. The maximum atomic E-state index is 12.7. The third-order valence-electron chi connectivity index (χ3n) is 4.54. The molecule has 1 heterocycles. The van der Waals surface area contributed by atoms with Crippen molar-refractivity contribution >= 4 is 32.3 Å². The lowest BCUT2D eigenvalue weighted by atomic mass is 9.77. The number of carbonyl (C=O) groups excluding carboxylic acids is 1. The van der Waals surface area contributed by atoms with Crippen molar-refractivity contribution in [1.82, 2.24) is 0 Å². The number of anilines is 1. The van der Waals surface area contributed by atoms with Gasteiger partial charge in [-0.2, -0.15) is 0 Å². The molecule has 0 amide bonds. The predicted molar refractivity (Wildman–Crippen MR) is 103 cm³/mol. The van der Waals surface area contributed by atoms with Gasteiger partial charge in [0.25, 0.3) is 10.0 Å². The van der Waals surface area contributed by atoms with Crippen LogP contribution in [0.5, 0.6) is 0 Å². The average Bonchev–Trinajstić information content (AvgIpc) is 2.90. The summed E-state index contributed by atoms with van der Waals surface area (Å²) in [4.78, 5) is 13.8. The van der Waals surface area contributed by atoms with Crippen LogP contribution in [0.3, 0.4) is 0 Å². The summed E-state index contributed by atoms with van der Waals surface area (Å²) < 4.78 is 33.3. The summed E-state index contributed by atoms with van der Waals surface area (Å²) in [5.74, 6) is -0.463. The molecule has 2 aromatic rings. The molecule has 140 valence electrons. The number of ether oxygens (including phenoxy) is 1. The number of fused-ring (bicyclic) bond motifs is 1. The van der Waals surface area contributed by atoms with Crippen molar-refractivity contribution in [3.63, 3.8) is 0 Å². The predicted octanol–water partition coefficient (Wildman–Crippen LogP) is 4.24. The molecule has 0 saturated heterocycles. The van der Waals surface area contributed by atoms with Gasteiger partial charge in [0.15, 0.2) is 0 Å². The molecule has 0 unspecified atom stereocenters. The first-order valence-corrected chi connectivity index (χ1v) is 10.9. The van der Waals surface area contributed by atoms with Crippen LogP contribution < -0.4 is 4.72 Å². The van der Waals surface area contributed by atoms with E-state index in [1.165, 1.54) is 23.5 Å². The molecular formula is C19H23NO4S2. The highest BCUT2D eigenvalue weighted by molar-refractivity contribution is 7.93. The number of thiophene rings is 1. The van der Waals surface area contributed by atoms with Crippen molar-refractivity contribution in [2.45, 2.75) is 44.9 Å². The zero-order chi connectivity index (χ0) is 18.9. The molecule has 0 saturated carbocycles. The normalized spacial score (nSPS) is 16.0. The van der Waals surface area contributed by atoms with Gasteiger partial charge in [-0.15, -0.1) is 11.3 Å². The fourth-order valence-corrected chi connectivity index (χ4v) is 6.00. The van der Waals surface area contributed by atoms with E-state index in [0.717, 1.165) is 29.7 Å². The van der Waals surface area contributed by atoms with Crippen LogP contribution in [0.15, 0.2) is 35.2 Å². The Hall–Kier alpha value is -1.86. The highest BCUT2D eigenvalue weighted by Crippen LogP contribution is 2.44. The molecule has 1 aliphatic carbocycles. The van der Waals surface area contributed by atoms with Gasteiger partial charge in [0.05, 0.1) is 17.1 Å². The fourth-order valence-electron chi connectivity index (χ4n) is 3.18. The Balaban J connectivity index is 2.04. The smallest absolute Gasteiger partial charge is 0.341 e. The average molecular weight is 394 g/mol. The number of benzene rings is 1. The molecule has 5 nitrogen and oxygen atoms in total. The van der Waals surface area contributed by atoms with E-state index in [1.54, 1.807) is 25.1 Å². The number of hydrogen-bond acceptors (Lipinski definition) is 5. The molecule has 26 heavy (non-hydrogen) atoms. The minimum absolute atomic E-state index is 0.138. The van der Waals surface area contributed by atoms with Crippen LogP contribution in [-0.4, -0.2) is 21.0 Å². The van der Waals surface area contributed by atoms with Gasteiger partial charge >= 0.3 is 5.97 Å². The lowest BCUT2D eigenvalue weighted by Gasteiger charge is -2.29. The highest BCUT2D eigenvalue weighted by atomic mass is 32.2. The lowest BCUT2D eigenvalue weighted by Crippen LogP contribution is -2.22. The Kier molecular flexibility index (Phi) is 5.12. The summed E-state index contributed by atoms with van der Waals surface area (Å²) >= 11 is 1.35. The first-order valence-electron chi connectivity index (χ1n) is 8.63. The van der Waals surface area contributed by atoms with Gasteiger partial charge < -0.3 is 4.74 Å². The van der Waals surface area contributed by atoms with Gasteiger partial charge in [0.2, 0.25) is 0 Å². The number of nitrogens with one attached hydrogen (secondary N) is 1. The maximum absolute atomic E-state index is 12.7. The molecule has 1 N–H and O–H groups in total. The van der Waals surface area contributed by atoms with Crippen LogP contribution >= 0.6 is 11.3 Å². The summed E-state index contributed by atoms with van der Waals surface area (Å²) in [6.45, 7) is 6.37. The van der Waals surface area contributed by atoms with Gasteiger partial charge in [-0.3, -0.25) is 4.72 Å². The maximum Gasteiger partial charge on any atom is 0.341 e. The largest absolute Gasteiger partial charge is 0.462 e. The van der Waals surface area contributed by atoms with E-state index in [4.69, 9.17) is 4.74 Å². The third kappa shape index (κ3) is 3.78. The van der Waals surface area contributed by atoms with Crippen LogP contribution in [0.1, 0.15) is 48.0 Å². The van der Waals surface area contributed by atoms with E-state index in [1.807, 2.05) is 0 Å². The Labute approximate surface area is 158 Å². The third-order valence-corrected chi connectivity index (χ3v) is 7.18. The van der Waals surface area contributed by atoms with E-state index in [9.17, 15) is 13.2 Å². The van der Waals surface area contributed by atoms with Crippen LogP contribution in [0.4, 0.5) is 5.00 Å². The number of hydrogen-bond donors (Lipinski definition) is 1. The molecular weight excluding hydrogens is 370 g/mol. The van der Waals surface area contributed by atoms with Crippen molar-refractivity contribution in [2.75, 3.05) is 11.3 Å². The molecule has 0 fully saturated rings. The van der Waals surface area contributed by atoms with Crippen molar-refractivity contribution in [3.8, 4) is 0 Å². The molecule has 1 aromatic heterocycles. The van der Waals surface area contributed by atoms with E-state index in [0.29, 0.717) is 10.6 Å². The molecule has 0 aliphatic heterocycles. The van der Waals surface area contributed by atoms with Crippen molar-refractivity contribution in [2.24, 2.45) is 5.41 Å². The van der Waals surface area contributed by atoms with Crippen molar-refractivity contribution < 1.29 is 17.9 Å². The monoisotopic (exact) mass is 393 g/mol. The van der Waals surface area contributed by atoms with Crippen LogP contribution in [0, 0.1) is 5.41 Å². The summed E-state index contributed by atoms with van der Waals surface area (Å²) in [6.07, 6.45) is 2.53. The summed E-state index contributed by atoms with van der Waals surface area (Å²) in [5.41, 5.74) is 1.44. The first-order chi connectivity index (χ1) is 12.2. The molecule has 0 spiro atoms. The first kappa shape index (κ1) is 18.9. The van der Waals surface area contributed by atoms with E-state index >= 15 is 0 Å². The Bertz CT molecular complexity index is 915. The second-order valence-corrected chi connectivity index (χ2v) is 9.98. The number of esters is 1. The number of sulfonamides is 1. The second-order valence-electron chi connectivity index (χ2n) is 7.19. The highest BCUT2D eigenvalue weighted by Gasteiger charge is 2.34. The van der Waals surface area contributed by atoms with Crippen LogP contribution in [-0.2, 0) is 27.6 Å². The molecule has 1 aliphatic rings. The van der Waals surface area contributed by atoms with Crippen molar-refractivity contribution in [3.05, 3.63) is 46.3 Å². The van der Waals surface area contributed by atoms with E-state index < -0.39 is 16.0 Å². The summed E-state index contributed by atoms with van der Waals surface area (Å²) in [5, 5.41) is 0.356. The molecule has 7 heteroatoms. The quantitative estimate of drug-likeness (QED) is 0.771.